The molecule has 2 heterocycles. The zero-order chi connectivity index (χ0) is 24.7. The average molecular weight is 494 g/mol. The molecule has 178 valence electrons. The lowest BCUT2D eigenvalue weighted by Crippen LogP contribution is -2.20. The highest BCUT2D eigenvalue weighted by atomic mass is 32.2. The number of benzene rings is 3. The maximum atomic E-state index is 12.5. The molecule has 1 amide bonds. The van der Waals surface area contributed by atoms with Crippen molar-refractivity contribution in [3.8, 4) is 22.8 Å². The predicted molar refractivity (Wildman–Crippen MR) is 142 cm³/mol. The molecule has 1 N–H and O–H groups in total. The van der Waals surface area contributed by atoms with Crippen LogP contribution in [0.4, 0.5) is 0 Å². The van der Waals surface area contributed by atoms with E-state index in [0.29, 0.717) is 16.7 Å². The largest absolute Gasteiger partial charge is 0.272 e. The van der Waals surface area contributed by atoms with Crippen molar-refractivity contribution in [1.82, 2.24) is 30.0 Å². The highest BCUT2D eigenvalue weighted by Crippen LogP contribution is 2.27. The molecule has 0 atom stereocenters. The number of thioether (sulfide) groups is 1. The summed E-state index contributed by atoms with van der Waals surface area (Å²) in [6.45, 7) is 1.95. The van der Waals surface area contributed by atoms with E-state index < -0.39 is 0 Å². The van der Waals surface area contributed by atoms with E-state index >= 15 is 0 Å². The fourth-order valence-corrected chi connectivity index (χ4v) is 4.33. The number of amides is 1. The summed E-state index contributed by atoms with van der Waals surface area (Å²) in [7, 11) is 0. The summed E-state index contributed by atoms with van der Waals surface area (Å²) in [5.41, 5.74) is 7.04. The summed E-state index contributed by atoms with van der Waals surface area (Å²) in [4.78, 5) is 12.5. The van der Waals surface area contributed by atoms with Crippen LogP contribution in [-0.2, 0) is 4.79 Å². The van der Waals surface area contributed by atoms with Gasteiger partial charge in [-0.3, -0.25) is 9.36 Å². The number of para-hydroxylation sites is 2. The number of nitrogens with zero attached hydrogens (tertiary/aromatic N) is 6. The molecule has 0 saturated carbocycles. The third-order valence-electron chi connectivity index (χ3n) is 5.34. The first kappa shape index (κ1) is 23.3. The highest BCUT2D eigenvalue weighted by Gasteiger charge is 2.17. The van der Waals surface area contributed by atoms with Crippen LogP contribution < -0.4 is 5.43 Å². The van der Waals surface area contributed by atoms with E-state index in [1.54, 1.807) is 10.9 Å². The van der Waals surface area contributed by atoms with Gasteiger partial charge in [0.2, 0.25) is 0 Å². The molecule has 0 spiro atoms. The number of nitrogens with one attached hydrogen (secondary N) is 1. The Hall–Kier alpha value is -4.50. The molecule has 0 saturated heterocycles. The molecule has 3 aromatic carbocycles. The molecule has 0 unspecified atom stereocenters. The molecule has 0 radical (unpaired) electrons. The topological polar surface area (TPSA) is 90.0 Å². The second-order valence-electron chi connectivity index (χ2n) is 7.90. The molecular formula is C27H23N7OS. The fraction of sp³-hybridized carbons (Fsp3) is 0.0741. The number of aromatic nitrogens is 5. The van der Waals surface area contributed by atoms with Crippen molar-refractivity contribution in [3.63, 3.8) is 0 Å². The lowest BCUT2D eigenvalue weighted by molar-refractivity contribution is -0.118. The summed E-state index contributed by atoms with van der Waals surface area (Å²) < 4.78 is 3.74. The van der Waals surface area contributed by atoms with Crippen molar-refractivity contribution >= 4 is 23.9 Å². The minimum Gasteiger partial charge on any atom is -0.272 e. The number of rotatable bonds is 8. The monoisotopic (exact) mass is 493 g/mol. The van der Waals surface area contributed by atoms with Crippen molar-refractivity contribution in [3.05, 3.63) is 108 Å². The standard InChI is InChI=1S/C27H23N7OS/c1-20-18-33(22-13-7-3-8-14-22)32-24(20)17-28-29-25(35)19-36-27-31-30-26(21-11-5-2-6-12-21)34(27)23-15-9-4-10-16-23/h2-18H,19H2,1H3,(H,29,35)/b28-17+. The van der Waals surface area contributed by atoms with Gasteiger partial charge in [0.15, 0.2) is 11.0 Å². The Morgan fingerprint density at radius 3 is 2.25 bits per heavy atom. The first-order chi connectivity index (χ1) is 17.7. The van der Waals surface area contributed by atoms with Gasteiger partial charge in [0.05, 0.1) is 17.7 Å². The molecule has 5 rings (SSSR count). The number of hydrogen-bond acceptors (Lipinski definition) is 6. The van der Waals surface area contributed by atoms with Crippen molar-refractivity contribution < 1.29 is 4.79 Å². The second-order valence-corrected chi connectivity index (χ2v) is 8.84. The van der Waals surface area contributed by atoms with Crippen molar-refractivity contribution in [1.29, 1.82) is 0 Å². The Balaban J connectivity index is 1.26. The molecule has 0 bridgehead atoms. The van der Waals surface area contributed by atoms with E-state index in [9.17, 15) is 4.79 Å². The fourth-order valence-electron chi connectivity index (χ4n) is 3.59. The predicted octanol–water partition coefficient (Wildman–Crippen LogP) is 4.67. The summed E-state index contributed by atoms with van der Waals surface area (Å²) >= 11 is 1.30. The lowest BCUT2D eigenvalue weighted by Gasteiger charge is -2.10. The average Bonchev–Trinajstić information content (AvgIpc) is 3.52. The minimum absolute atomic E-state index is 0.133. The third kappa shape index (κ3) is 5.26. The van der Waals surface area contributed by atoms with Crippen molar-refractivity contribution in [2.75, 3.05) is 5.75 Å². The molecule has 0 aliphatic carbocycles. The van der Waals surface area contributed by atoms with Gasteiger partial charge < -0.3 is 0 Å². The van der Waals surface area contributed by atoms with Crippen molar-refractivity contribution in [2.24, 2.45) is 5.10 Å². The van der Waals surface area contributed by atoms with Gasteiger partial charge in [-0.1, -0.05) is 78.5 Å². The van der Waals surface area contributed by atoms with Crippen LogP contribution >= 0.6 is 11.8 Å². The summed E-state index contributed by atoms with van der Waals surface area (Å²) in [5, 5.41) is 18.0. The van der Waals surface area contributed by atoms with Gasteiger partial charge in [0.1, 0.15) is 5.69 Å². The Labute approximate surface area is 212 Å². The third-order valence-corrected chi connectivity index (χ3v) is 6.27. The van der Waals surface area contributed by atoms with E-state index in [4.69, 9.17) is 0 Å². The van der Waals surface area contributed by atoms with Crippen LogP contribution in [0.15, 0.2) is 107 Å². The first-order valence-corrected chi connectivity index (χ1v) is 12.3. The Morgan fingerprint density at radius 2 is 1.56 bits per heavy atom. The SMILES string of the molecule is Cc1cn(-c2ccccc2)nc1/C=N/NC(=O)CSc1nnc(-c2ccccc2)n1-c1ccccc1. The van der Waals surface area contributed by atoms with E-state index in [0.717, 1.165) is 22.5 Å². The number of hydrogen-bond donors (Lipinski definition) is 1. The highest BCUT2D eigenvalue weighted by molar-refractivity contribution is 7.99. The molecule has 8 nitrogen and oxygen atoms in total. The van der Waals surface area contributed by atoms with Crippen LogP contribution in [0.3, 0.4) is 0 Å². The van der Waals surface area contributed by atoms with Gasteiger partial charge in [0.25, 0.3) is 5.91 Å². The van der Waals surface area contributed by atoms with Gasteiger partial charge in [-0.15, -0.1) is 10.2 Å². The van der Waals surface area contributed by atoms with E-state index in [-0.39, 0.29) is 11.7 Å². The normalized spacial score (nSPS) is 11.1. The van der Waals surface area contributed by atoms with Gasteiger partial charge in [0, 0.05) is 17.4 Å². The van der Waals surface area contributed by atoms with Crippen LogP contribution in [-0.4, -0.2) is 42.4 Å². The number of aryl methyl sites for hydroxylation is 1. The van der Waals surface area contributed by atoms with Crippen molar-refractivity contribution in [2.45, 2.75) is 12.1 Å². The molecular weight excluding hydrogens is 470 g/mol. The van der Waals surface area contributed by atoms with Crippen LogP contribution in [0.2, 0.25) is 0 Å². The van der Waals surface area contributed by atoms with Crippen LogP contribution in [0.5, 0.6) is 0 Å². The van der Waals surface area contributed by atoms with Gasteiger partial charge in [-0.25, -0.2) is 10.1 Å². The second kappa shape index (κ2) is 10.8. The van der Waals surface area contributed by atoms with E-state index in [1.807, 2.05) is 109 Å². The number of carbonyl (C=O) groups excluding carboxylic acids is 1. The van der Waals surface area contributed by atoms with Crippen LogP contribution in [0.1, 0.15) is 11.3 Å². The Bertz CT molecular complexity index is 1480. The first-order valence-electron chi connectivity index (χ1n) is 11.3. The maximum absolute atomic E-state index is 12.5. The zero-order valence-electron chi connectivity index (χ0n) is 19.5. The summed E-state index contributed by atoms with van der Waals surface area (Å²) in [6, 6.07) is 29.5. The maximum Gasteiger partial charge on any atom is 0.250 e. The van der Waals surface area contributed by atoms with E-state index in [2.05, 4.69) is 25.8 Å². The lowest BCUT2D eigenvalue weighted by atomic mass is 10.2. The van der Waals surface area contributed by atoms with E-state index in [1.165, 1.54) is 11.8 Å². The Morgan fingerprint density at radius 1 is 0.917 bits per heavy atom. The summed E-state index contributed by atoms with van der Waals surface area (Å²) in [6.07, 6.45) is 3.48. The molecule has 0 aliphatic rings. The quantitative estimate of drug-likeness (QED) is 0.193. The smallest absolute Gasteiger partial charge is 0.250 e. The van der Waals surface area contributed by atoms with Crippen LogP contribution in [0, 0.1) is 6.92 Å². The molecule has 36 heavy (non-hydrogen) atoms. The molecule has 0 aliphatic heterocycles. The summed E-state index contributed by atoms with van der Waals surface area (Å²) in [5.74, 6) is 0.599. The number of hydrazone groups is 1. The molecule has 9 heteroatoms. The molecule has 5 aromatic rings. The van der Waals surface area contributed by atoms with Gasteiger partial charge in [-0.05, 0) is 36.8 Å². The zero-order valence-corrected chi connectivity index (χ0v) is 20.3. The van der Waals surface area contributed by atoms with Gasteiger partial charge in [-0.2, -0.15) is 10.2 Å². The van der Waals surface area contributed by atoms with Crippen LogP contribution in [0.25, 0.3) is 22.8 Å². The number of carbonyl (C=O) groups is 1. The minimum atomic E-state index is -0.250. The van der Waals surface area contributed by atoms with Gasteiger partial charge >= 0.3 is 0 Å². The molecule has 2 aromatic heterocycles. The Kier molecular flexibility index (Phi) is 7.00. The molecule has 0 fully saturated rings.